The molecule has 0 saturated heterocycles. The molecule has 2 aromatic carbocycles. The van der Waals surface area contributed by atoms with E-state index in [0.29, 0.717) is 27.2 Å². The number of anilines is 2. The number of rotatable bonds is 7. The lowest BCUT2D eigenvalue weighted by molar-refractivity contribution is -0.122. The van der Waals surface area contributed by atoms with Crippen LogP contribution in [0.4, 0.5) is 11.4 Å². The van der Waals surface area contributed by atoms with Gasteiger partial charge >= 0.3 is 0 Å². The van der Waals surface area contributed by atoms with Crippen molar-refractivity contribution in [2.75, 3.05) is 15.8 Å². The second-order valence-corrected chi connectivity index (χ2v) is 8.26. The van der Waals surface area contributed by atoms with Crippen LogP contribution in [0.5, 0.6) is 5.75 Å². The Morgan fingerprint density at radius 2 is 1.73 bits per heavy atom. The zero-order valence-corrected chi connectivity index (χ0v) is 16.5. The number of hydrogen-bond acceptors (Lipinski definition) is 4. The van der Waals surface area contributed by atoms with Crippen molar-refractivity contribution in [2.45, 2.75) is 20.0 Å². The summed E-state index contributed by atoms with van der Waals surface area (Å²) in [5, 5.41) is 3.47. The van der Waals surface area contributed by atoms with Crippen molar-refractivity contribution >= 4 is 50.5 Å². The Morgan fingerprint density at radius 1 is 1.12 bits per heavy atom. The van der Waals surface area contributed by atoms with Crippen molar-refractivity contribution in [3.63, 3.8) is 0 Å². The van der Waals surface area contributed by atoms with E-state index in [-0.39, 0.29) is 11.7 Å². The molecule has 1 atom stereocenters. The minimum Gasteiger partial charge on any atom is -0.479 e. The smallest absolute Gasteiger partial charge is 0.265 e. The van der Waals surface area contributed by atoms with Crippen LogP contribution in [0.3, 0.4) is 0 Å². The Balaban J connectivity index is 1.98. The molecule has 0 aliphatic heterocycles. The van der Waals surface area contributed by atoms with Crippen molar-refractivity contribution in [1.82, 2.24) is 0 Å². The van der Waals surface area contributed by atoms with E-state index in [2.05, 4.69) is 10.0 Å². The van der Waals surface area contributed by atoms with Crippen molar-refractivity contribution in [3.8, 4) is 5.75 Å². The summed E-state index contributed by atoms with van der Waals surface area (Å²) >= 11 is 11.8. The van der Waals surface area contributed by atoms with Gasteiger partial charge in [0.05, 0.1) is 10.8 Å². The molecule has 0 radical (unpaired) electrons. The highest BCUT2D eigenvalue weighted by Gasteiger charge is 2.16. The average molecular weight is 417 g/mol. The van der Waals surface area contributed by atoms with Crippen LogP contribution in [0.25, 0.3) is 0 Å². The van der Waals surface area contributed by atoms with Gasteiger partial charge in [-0.3, -0.25) is 9.52 Å². The van der Waals surface area contributed by atoms with Gasteiger partial charge in [0, 0.05) is 16.4 Å². The zero-order chi connectivity index (χ0) is 19.3. The lowest BCUT2D eigenvalue weighted by Gasteiger charge is -2.16. The first-order valence-electron chi connectivity index (χ1n) is 7.73. The summed E-state index contributed by atoms with van der Waals surface area (Å²) in [6, 6.07) is 11.0. The number of carbonyl (C=O) groups excluding carboxylic acids is 1. The lowest BCUT2D eigenvalue weighted by atomic mass is 10.2. The maximum absolute atomic E-state index is 12.2. The van der Waals surface area contributed by atoms with E-state index in [1.54, 1.807) is 50.2 Å². The first-order chi connectivity index (χ1) is 12.2. The summed E-state index contributed by atoms with van der Waals surface area (Å²) in [6.45, 7) is 3.13. The molecule has 0 aromatic heterocycles. The number of hydrogen-bond donors (Lipinski definition) is 2. The number of carbonyl (C=O) groups is 1. The monoisotopic (exact) mass is 416 g/mol. The molecule has 26 heavy (non-hydrogen) atoms. The van der Waals surface area contributed by atoms with Crippen molar-refractivity contribution in [1.29, 1.82) is 0 Å². The third-order valence-electron chi connectivity index (χ3n) is 3.37. The van der Waals surface area contributed by atoms with E-state index in [9.17, 15) is 13.2 Å². The second kappa shape index (κ2) is 8.62. The summed E-state index contributed by atoms with van der Waals surface area (Å²) in [5.74, 6) is -0.0471. The van der Waals surface area contributed by atoms with Gasteiger partial charge in [-0.05, 0) is 56.3 Å². The first-order valence-corrected chi connectivity index (χ1v) is 10.1. The van der Waals surface area contributed by atoms with Crippen molar-refractivity contribution in [3.05, 3.63) is 52.5 Å². The van der Waals surface area contributed by atoms with Gasteiger partial charge in [-0.2, -0.15) is 0 Å². The number of ether oxygens (including phenoxy) is 1. The highest BCUT2D eigenvalue weighted by molar-refractivity contribution is 7.92. The summed E-state index contributed by atoms with van der Waals surface area (Å²) in [7, 11) is -3.34. The quantitative estimate of drug-likeness (QED) is 0.709. The molecule has 2 N–H and O–H groups in total. The Morgan fingerprint density at radius 3 is 2.31 bits per heavy atom. The van der Waals surface area contributed by atoms with Gasteiger partial charge in [0.2, 0.25) is 10.0 Å². The molecule has 0 aliphatic rings. The van der Waals surface area contributed by atoms with Gasteiger partial charge in [-0.15, -0.1) is 0 Å². The highest BCUT2D eigenvalue weighted by atomic mass is 35.5. The summed E-state index contributed by atoms with van der Waals surface area (Å²) < 4.78 is 31.0. The molecule has 0 bridgehead atoms. The maximum atomic E-state index is 12.2. The minimum atomic E-state index is -3.34. The molecule has 140 valence electrons. The van der Waals surface area contributed by atoms with E-state index in [1.165, 1.54) is 6.07 Å². The number of amides is 1. The van der Waals surface area contributed by atoms with Crippen LogP contribution < -0.4 is 14.8 Å². The predicted octanol–water partition coefficient (Wildman–Crippen LogP) is 4.16. The molecule has 0 spiro atoms. The molecule has 0 aliphatic carbocycles. The fourth-order valence-electron chi connectivity index (χ4n) is 1.93. The molecule has 1 amide bonds. The largest absolute Gasteiger partial charge is 0.479 e. The van der Waals surface area contributed by atoms with Crippen LogP contribution in [0, 0.1) is 0 Å². The van der Waals surface area contributed by atoms with Gasteiger partial charge in [-0.25, -0.2) is 8.42 Å². The standard InChI is InChI=1S/C17H18Cl2N2O4S/c1-3-26(23,24)21-14-7-5-13(6-8-14)20-17(22)11(2)25-16-9-4-12(18)10-15(16)19/h4-11,21H,3H2,1-2H3,(H,20,22). The molecule has 0 heterocycles. The van der Waals surface area contributed by atoms with E-state index in [0.717, 1.165) is 0 Å². The molecule has 2 rings (SSSR count). The summed E-state index contributed by atoms with van der Waals surface area (Å²) in [5.41, 5.74) is 0.925. The van der Waals surface area contributed by atoms with Crippen LogP contribution in [-0.2, 0) is 14.8 Å². The van der Waals surface area contributed by atoms with Gasteiger partial charge in [0.25, 0.3) is 5.91 Å². The average Bonchev–Trinajstić information content (AvgIpc) is 2.58. The second-order valence-electron chi connectivity index (χ2n) is 5.41. The summed E-state index contributed by atoms with van der Waals surface area (Å²) in [4.78, 5) is 12.2. The van der Waals surface area contributed by atoms with Gasteiger partial charge in [0.15, 0.2) is 6.10 Å². The fraction of sp³-hybridized carbons (Fsp3) is 0.235. The first kappa shape index (κ1) is 20.4. The van der Waals surface area contributed by atoms with Crippen molar-refractivity contribution < 1.29 is 17.9 Å². The fourth-order valence-corrected chi connectivity index (χ4v) is 3.02. The third kappa shape index (κ3) is 5.79. The van der Waals surface area contributed by atoms with Crippen LogP contribution in [0.2, 0.25) is 10.0 Å². The van der Waals surface area contributed by atoms with Crippen LogP contribution in [0.1, 0.15) is 13.8 Å². The number of nitrogens with one attached hydrogen (secondary N) is 2. The molecule has 6 nitrogen and oxygen atoms in total. The van der Waals surface area contributed by atoms with Crippen molar-refractivity contribution in [2.24, 2.45) is 0 Å². The molecule has 0 saturated carbocycles. The third-order valence-corrected chi connectivity index (χ3v) is 5.21. The predicted molar refractivity (Wildman–Crippen MR) is 105 cm³/mol. The Bertz CT molecular complexity index is 886. The molecule has 2 aromatic rings. The Hall–Kier alpha value is -1.96. The normalized spacial score (nSPS) is 12.3. The lowest BCUT2D eigenvalue weighted by Crippen LogP contribution is -2.30. The topological polar surface area (TPSA) is 84.5 Å². The SMILES string of the molecule is CCS(=O)(=O)Nc1ccc(NC(=O)C(C)Oc2ccc(Cl)cc2Cl)cc1. The van der Waals surface area contributed by atoms with E-state index in [1.807, 2.05) is 0 Å². The van der Waals surface area contributed by atoms with E-state index in [4.69, 9.17) is 27.9 Å². The molecular weight excluding hydrogens is 399 g/mol. The Labute approximate surface area is 162 Å². The van der Waals surface area contributed by atoms with Crippen LogP contribution in [-0.4, -0.2) is 26.2 Å². The summed E-state index contributed by atoms with van der Waals surface area (Å²) in [6.07, 6.45) is -0.799. The van der Waals surface area contributed by atoms with Gasteiger partial charge in [0.1, 0.15) is 5.75 Å². The maximum Gasteiger partial charge on any atom is 0.265 e. The van der Waals surface area contributed by atoms with Crippen LogP contribution in [0.15, 0.2) is 42.5 Å². The minimum absolute atomic E-state index is 0.0202. The molecule has 9 heteroatoms. The highest BCUT2D eigenvalue weighted by Crippen LogP contribution is 2.28. The van der Waals surface area contributed by atoms with Gasteiger partial charge in [-0.1, -0.05) is 23.2 Å². The number of sulfonamides is 1. The number of benzene rings is 2. The Kier molecular flexibility index (Phi) is 6.75. The molecule has 1 unspecified atom stereocenters. The number of halogens is 2. The van der Waals surface area contributed by atoms with Gasteiger partial charge < -0.3 is 10.1 Å². The van der Waals surface area contributed by atoms with E-state index < -0.39 is 16.1 Å². The zero-order valence-electron chi connectivity index (χ0n) is 14.1. The molecule has 0 fully saturated rings. The van der Waals surface area contributed by atoms with E-state index >= 15 is 0 Å². The van der Waals surface area contributed by atoms with Crippen LogP contribution >= 0.6 is 23.2 Å². The molecular formula is C17H18Cl2N2O4S.